The predicted octanol–water partition coefficient (Wildman–Crippen LogP) is 5.07. The van der Waals surface area contributed by atoms with Crippen molar-refractivity contribution in [2.24, 2.45) is 0 Å². The van der Waals surface area contributed by atoms with Gasteiger partial charge in [0.2, 0.25) is 0 Å². The lowest BCUT2D eigenvalue weighted by Gasteiger charge is -2.11. The van der Waals surface area contributed by atoms with Crippen molar-refractivity contribution in [3.05, 3.63) is 58.4 Å². The molecule has 2 heteroatoms. The maximum absolute atomic E-state index is 13.8. The van der Waals surface area contributed by atoms with Gasteiger partial charge in [0, 0.05) is 11.6 Å². The molecular weight excluding hydrogens is 247 g/mol. The first-order chi connectivity index (χ1) is 8.67. The summed E-state index contributed by atoms with van der Waals surface area (Å²) in [5.74, 6) is -0.301. The molecule has 0 atom stereocenters. The molecule has 0 aliphatic heterocycles. The summed E-state index contributed by atoms with van der Waals surface area (Å²) in [6.07, 6.45) is 1.92. The highest BCUT2D eigenvalue weighted by Gasteiger charge is 2.11. The van der Waals surface area contributed by atoms with E-state index in [4.69, 9.17) is 11.6 Å². The van der Waals surface area contributed by atoms with Crippen LogP contribution in [0.5, 0.6) is 0 Å². The van der Waals surface area contributed by atoms with Crippen LogP contribution in [0, 0.1) is 11.9 Å². The lowest BCUT2D eigenvalue weighted by molar-refractivity contribution is 0.631. The first-order valence-corrected chi connectivity index (χ1v) is 6.53. The second-order valence-electron chi connectivity index (χ2n) is 4.21. The van der Waals surface area contributed by atoms with Crippen LogP contribution in [0.15, 0.2) is 30.3 Å². The van der Waals surface area contributed by atoms with Gasteiger partial charge in [-0.2, -0.15) is 0 Å². The molecule has 0 N–H and O–H groups in total. The molecule has 2 rings (SSSR count). The highest BCUT2D eigenvalue weighted by molar-refractivity contribution is 6.33. The van der Waals surface area contributed by atoms with Crippen LogP contribution >= 0.6 is 11.6 Å². The standard InChI is InChI=1S/C16H15ClF/c1-3-11-8-9-13(10-12(11)4-2)16-14(17)6-5-7-15(16)18/h5,7-10H,3-4H2,1-2H3. The van der Waals surface area contributed by atoms with Gasteiger partial charge in [-0.3, -0.25) is 0 Å². The Bertz CT molecular complexity index is 541. The van der Waals surface area contributed by atoms with Crippen molar-refractivity contribution < 1.29 is 4.39 Å². The molecule has 0 heterocycles. The summed E-state index contributed by atoms with van der Waals surface area (Å²) in [6.45, 7) is 4.23. The Morgan fingerprint density at radius 3 is 2.44 bits per heavy atom. The fourth-order valence-corrected chi connectivity index (χ4v) is 2.43. The number of halogens is 2. The minimum atomic E-state index is -0.301. The Balaban J connectivity index is 2.58. The molecular formula is C16H15ClF. The van der Waals surface area contributed by atoms with Crippen LogP contribution in [0.1, 0.15) is 25.0 Å². The van der Waals surface area contributed by atoms with Gasteiger partial charge in [0.15, 0.2) is 0 Å². The van der Waals surface area contributed by atoms with Crippen molar-refractivity contribution in [3.8, 4) is 11.1 Å². The first kappa shape index (κ1) is 13.1. The highest BCUT2D eigenvalue weighted by Crippen LogP contribution is 2.31. The molecule has 0 amide bonds. The second-order valence-corrected chi connectivity index (χ2v) is 4.58. The highest BCUT2D eigenvalue weighted by atomic mass is 35.5. The molecule has 18 heavy (non-hydrogen) atoms. The van der Waals surface area contributed by atoms with Crippen molar-refractivity contribution >= 4 is 11.6 Å². The van der Waals surface area contributed by atoms with E-state index in [-0.39, 0.29) is 5.82 Å². The van der Waals surface area contributed by atoms with Crippen LogP contribution in [-0.2, 0) is 12.8 Å². The van der Waals surface area contributed by atoms with Gasteiger partial charge in [-0.05, 0) is 41.7 Å². The quantitative estimate of drug-likeness (QED) is 0.724. The summed E-state index contributed by atoms with van der Waals surface area (Å²) in [5, 5.41) is 0.335. The van der Waals surface area contributed by atoms with Gasteiger partial charge in [0.05, 0.1) is 5.02 Å². The Labute approximate surface area is 112 Å². The summed E-state index contributed by atoms with van der Waals surface area (Å²) < 4.78 is 13.8. The zero-order valence-electron chi connectivity index (χ0n) is 10.6. The van der Waals surface area contributed by atoms with Gasteiger partial charge in [-0.1, -0.05) is 43.6 Å². The van der Waals surface area contributed by atoms with Crippen molar-refractivity contribution in [3.63, 3.8) is 0 Å². The van der Waals surface area contributed by atoms with E-state index in [1.54, 1.807) is 0 Å². The van der Waals surface area contributed by atoms with Crippen LogP contribution in [0.3, 0.4) is 0 Å². The Morgan fingerprint density at radius 2 is 1.83 bits per heavy atom. The second kappa shape index (κ2) is 5.53. The molecule has 0 aromatic heterocycles. The molecule has 0 aliphatic carbocycles. The first-order valence-electron chi connectivity index (χ1n) is 6.15. The topological polar surface area (TPSA) is 0 Å². The van der Waals surface area contributed by atoms with Gasteiger partial charge in [0.25, 0.3) is 0 Å². The average molecular weight is 262 g/mol. The van der Waals surface area contributed by atoms with Crippen molar-refractivity contribution in [2.45, 2.75) is 26.7 Å². The van der Waals surface area contributed by atoms with Gasteiger partial charge < -0.3 is 0 Å². The summed E-state index contributed by atoms with van der Waals surface area (Å²) in [4.78, 5) is 0. The van der Waals surface area contributed by atoms with Gasteiger partial charge in [-0.25, -0.2) is 4.39 Å². The Morgan fingerprint density at radius 1 is 1.11 bits per heavy atom. The maximum Gasteiger partial charge on any atom is 0.132 e. The normalized spacial score (nSPS) is 10.7. The Kier molecular flexibility index (Phi) is 4.03. The lowest BCUT2D eigenvalue weighted by atomic mass is 9.96. The number of rotatable bonds is 3. The zero-order valence-corrected chi connectivity index (χ0v) is 11.3. The van der Waals surface area contributed by atoms with E-state index < -0.39 is 0 Å². The fraction of sp³-hybridized carbons (Fsp3) is 0.250. The van der Waals surface area contributed by atoms with E-state index in [0.29, 0.717) is 10.6 Å². The van der Waals surface area contributed by atoms with Crippen molar-refractivity contribution in [1.29, 1.82) is 0 Å². The fourth-order valence-electron chi connectivity index (χ4n) is 2.17. The minimum absolute atomic E-state index is 0.301. The number of benzene rings is 2. The summed E-state index contributed by atoms with van der Waals surface area (Å²) in [7, 11) is 0. The SMILES string of the molecule is CCc1ccc(-c2c(Cl)[c]ccc2F)cc1CC. The van der Waals surface area contributed by atoms with Crippen molar-refractivity contribution in [1.82, 2.24) is 0 Å². The number of aryl methyl sites for hydroxylation is 2. The lowest BCUT2D eigenvalue weighted by Crippen LogP contribution is -1.93. The minimum Gasteiger partial charge on any atom is -0.206 e. The zero-order chi connectivity index (χ0) is 13.1. The smallest absolute Gasteiger partial charge is 0.132 e. The van der Waals surface area contributed by atoms with Crippen molar-refractivity contribution in [2.75, 3.05) is 0 Å². The molecule has 0 saturated carbocycles. The number of hydrogen-bond acceptors (Lipinski definition) is 0. The molecule has 2 aromatic rings. The number of hydrogen-bond donors (Lipinski definition) is 0. The monoisotopic (exact) mass is 261 g/mol. The van der Waals surface area contributed by atoms with Crippen LogP contribution in [0.2, 0.25) is 5.02 Å². The van der Waals surface area contributed by atoms with E-state index in [1.165, 1.54) is 23.3 Å². The third kappa shape index (κ3) is 2.41. The molecule has 0 nitrogen and oxygen atoms in total. The van der Waals surface area contributed by atoms with Crippen LogP contribution in [0.25, 0.3) is 11.1 Å². The van der Waals surface area contributed by atoms with E-state index in [1.807, 2.05) is 12.1 Å². The summed E-state index contributed by atoms with van der Waals surface area (Å²) >= 11 is 6.04. The van der Waals surface area contributed by atoms with Gasteiger partial charge in [-0.15, -0.1) is 0 Å². The third-order valence-electron chi connectivity index (χ3n) is 3.15. The van der Waals surface area contributed by atoms with E-state index in [0.717, 1.165) is 18.4 Å². The average Bonchev–Trinajstić information content (AvgIpc) is 2.38. The van der Waals surface area contributed by atoms with E-state index in [9.17, 15) is 4.39 Å². The van der Waals surface area contributed by atoms with E-state index in [2.05, 4.69) is 26.0 Å². The molecule has 0 spiro atoms. The summed E-state index contributed by atoms with van der Waals surface area (Å²) in [5.41, 5.74) is 3.81. The van der Waals surface area contributed by atoms with Crippen LogP contribution in [0.4, 0.5) is 4.39 Å². The molecule has 0 bridgehead atoms. The molecule has 0 aliphatic rings. The molecule has 93 valence electrons. The van der Waals surface area contributed by atoms with Gasteiger partial charge in [0.1, 0.15) is 5.82 Å². The van der Waals surface area contributed by atoms with E-state index >= 15 is 0 Å². The summed E-state index contributed by atoms with van der Waals surface area (Å²) in [6, 6.07) is 11.7. The Hall–Kier alpha value is -1.34. The largest absolute Gasteiger partial charge is 0.206 e. The van der Waals surface area contributed by atoms with Crippen LogP contribution < -0.4 is 0 Å². The third-order valence-corrected chi connectivity index (χ3v) is 3.45. The van der Waals surface area contributed by atoms with Crippen LogP contribution in [-0.4, -0.2) is 0 Å². The maximum atomic E-state index is 13.8. The molecule has 2 aromatic carbocycles. The predicted molar refractivity (Wildman–Crippen MR) is 74.4 cm³/mol. The molecule has 1 radical (unpaired) electrons. The molecule has 0 unspecified atom stereocenters. The van der Waals surface area contributed by atoms with Gasteiger partial charge >= 0.3 is 0 Å². The molecule has 0 saturated heterocycles. The molecule has 0 fully saturated rings.